The summed E-state index contributed by atoms with van der Waals surface area (Å²) in [5.74, 6) is -0.298. The van der Waals surface area contributed by atoms with Crippen molar-refractivity contribution < 1.29 is 29.0 Å². The summed E-state index contributed by atoms with van der Waals surface area (Å²) in [6.45, 7) is 5.85. The number of anilines is 1. The van der Waals surface area contributed by atoms with Crippen LogP contribution in [0.4, 0.5) is 5.69 Å². The Morgan fingerprint density at radius 3 is 2.24 bits per heavy atom. The number of aromatic nitrogens is 2. The number of aliphatic hydroxyl groups is 1. The molecule has 0 radical (unpaired) electrons. The number of ketones is 1. The summed E-state index contributed by atoms with van der Waals surface area (Å²) >= 11 is 0. The van der Waals surface area contributed by atoms with Gasteiger partial charge in [-0.1, -0.05) is 30.3 Å². The minimum atomic E-state index is -0.835. The zero-order valence-electron chi connectivity index (χ0n) is 28.6. The molecule has 50 heavy (non-hydrogen) atoms. The van der Waals surface area contributed by atoms with Crippen LogP contribution in [0.1, 0.15) is 109 Å². The van der Waals surface area contributed by atoms with E-state index in [1.54, 1.807) is 19.2 Å². The number of nitrogens with zero attached hydrogens (tertiary/aromatic N) is 2. The number of rotatable bonds is 15. The van der Waals surface area contributed by atoms with Gasteiger partial charge >= 0.3 is 5.97 Å². The number of carbonyl (C=O) groups excluding carboxylic acids is 4. The van der Waals surface area contributed by atoms with Crippen LogP contribution in [0.2, 0.25) is 0 Å². The first-order chi connectivity index (χ1) is 24.2. The predicted molar refractivity (Wildman–Crippen MR) is 189 cm³/mol. The molecule has 2 aromatic carbocycles. The molecule has 2 saturated carbocycles. The van der Waals surface area contributed by atoms with Gasteiger partial charge in [-0.05, 0) is 121 Å². The monoisotopic (exact) mass is 674 g/mol. The topological polar surface area (TPSA) is 148 Å². The first-order valence-electron chi connectivity index (χ1n) is 17.2. The average Bonchev–Trinajstić information content (AvgIpc) is 4.05. The van der Waals surface area contributed by atoms with Crippen molar-refractivity contribution in [2.75, 3.05) is 18.5 Å². The van der Waals surface area contributed by atoms with Crippen LogP contribution in [0.15, 0.2) is 60.9 Å². The number of ether oxygens (including phenoxy) is 1. The fraction of sp³-hybridized carbons (Fsp3) is 0.350. The van der Waals surface area contributed by atoms with Gasteiger partial charge < -0.3 is 15.2 Å². The van der Waals surface area contributed by atoms with Crippen LogP contribution in [0.25, 0.3) is 11.1 Å². The van der Waals surface area contributed by atoms with Gasteiger partial charge in [0.1, 0.15) is 17.4 Å². The Morgan fingerprint density at radius 1 is 0.900 bits per heavy atom. The van der Waals surface area contributed by atoms with E-state index in [0.717, 1.165) is 76.5 Å². The molecule has 0 saturated heterocycles. The quantitative estimate of drug-likeness (QED) is 0.0783. The van der Waals surface area contributed by atoms with E-state index in [9.17, 15) is 24.3 Å². The summed E-state index contributed by atoms with van der Waals surface area (Å²) in [5.41, 5.74) is 9.28. The maximum absolute atomic E-state index is 13.6. The molecule has 1 atom stereocenters. The van der Waals surface area contributed by atoms with Gasteiger partial charge in [-0.25, -0.2) is 0 Å². The van der Waals surface area contributed by atoms with Crippen LogP contribution in [-0.2, 0) is 22.5 Å². The second kappa shape index (κ2) is 15.2. The lowest BCUT2D eigenvalue weighted by Crippen LogP contribution is -2.40. The minimum absolute atomic E-state index is 0.0946. The lowest BCUT2D eigenvalue weighted by Gasteiger charge is -2.17. The average molecular weight is 675 g/mol. The fourth-order valence-electron chi connectivity index (χ4n) is 6.40. The Bertz CT molecular complexity index is 1950. The van der Waals surface area contributed by atoms with Gasteiger partial charge in [-0.2, -0.15) is 0 Å². The molecule has 0 unspecified atom stereocenters. The smallest absolute Gasteiger partial charge is 0.325 e. The Kier molecular flexibility index (Phi) is 10.6. The zero-order valence-corrected chi connectivity index (χ0v) is 28.6. The van der Waals surface area contributed by atoms with Gasteiger partial charge in [-0.15, -0.1) is 0 Å². The number of nitrogens with one attached hydrogen (secondary N) is 2. The molecular formula is C40H42N4O6. The summed E-state index contributed by atoms with van der Waals surface area (Å²) in [5, 5.41) is 15.7. The zero-order chi connectivity index (χ0) is 35.4. The summed E-state index contributed by atoms with van der Waals surface area (Å²) in [6.07, 6.45) is 8.19. The molecule has 2 aromatic heterocycles. The summed E-state index contributed by atoms with van der Waals surface area (Å²) in [6, 6.07) is 14.4. The number of aliphatic hydroxyl groups excluding tert-OH is 1. The molecule has 2 aliphatic rings. The molecule has 1 amide bonds. The highest BCUT2D eigenvalue weighted by Crippen LogP contribution is 2.42. The Balaban J connectivity index is 1.18. The van der Waals surface area contributed by atoms with Crippen molar-refractivity contribution in [3.05, 3.63) is 111 Å². The van der Waals surface area contributed by atoms with Crippen molar-refractivity contribution in [1.29, 1.82) is 0 Å². The number of aldehydes is 1. The second-order valence-corrected chi connectivity index (χ2v) is 13.1. The van der Waals surface area contributed by atoms with Crippen LogP contribution in [0.5, 0.6) is 0 Å². The minimum Gasteiger partial charge on any atom is -0.465 e. The largest absolute Gasteiger partial charge is 0.465 e. The highest BCUT2D eigenvalue weighted by Gasteiger charge is 2.29. The third-order valence-electron chi connectivity index (χ3n) is 9.63. The number of hydrogen-bond donors (Lipinski definition) is 3. The van der Waals surface area contributed by atoms with Crippen LogP contribution < -0.4 is 10.6 Å². The van der Waals surface area contributed by atoms with Crippen molar-refractivity contribution >= 4 is 29.6 Å². The number of Topliss-reactive ketones (excluding diaryl/α,β-unsaturated/α-hetero) is 1. The molecule has 258 valence electrons. The molecule has 2 heterocycles. The van der Waals surface area contributed by atoms with Gasteiger partial charge in [0.05, 0.1) is 13.2 Å². The molecule has 3 N–H and O–H groups in total. The highest BCUT2D eigenvalue weighted by atomic mass is 16.5. The number of amides is 1. The maximum Gasteiger partial charge on any atom is 0.325 e. The van der Waals surface area contributed by atoms with Gasteiger partial charge in [0.2, 0.25) is 0 Å². The molecule has 6 rings (SSSR count). The summed E-state index contributed by atoms with van der Waals surface area (Å²) in [7, 11) is 0. The predicted octanol–water partition coefficient (Wildman–Crippen LogP) is 6.02. The lowest BCUT2D eigenvalue weighted by atomic mass is 9.90. The van der Waals surface area contributed by atoms with Crippen molar-refractivity contribution in [2.24, 2.45) is 0 Å². The number of esters is 1. The van der Waals surface area contributed by atoms with Crippen LogP contribution in [0.3, 0.4) is 0 Å². The van der Waals surface area contributed by atoms with E-state index in [1.165, 1.54) is 6.20 Å². The standard InChI is InChI=1S/C40H42N4O6/c1-4-50-40(49)37(22-46)43-19-28-18-41-35(16-32(28)25-11-12-25)38(47)15-27-7-5-8-30(23(27)2)31-9-6-10-34(24(31)3)44-39(48)36-17-33(26-13-14-26)29(21-45)20-42-36/h5-10,16-18,20-21,25-26,37,43,46H,4,11-15,19,22H2,1-3H3,(H,44,48)/t37-/m1/s1. The van der Waals surface area contributed by atoms with Gasteiger partial charge in [0, 0.05) is 36.6 Å². The van der Waals surface area contributed by atoms with E-state index in [0.29, 0.717) is 35.3 Å². The highest BCUT2D eigenvalue weighted by molar-refractivity contribution is 6.04. The molecule has 0 spiro atoms. The van der Waals surface area contributed by atoms with Crippen molar-refractivity contribution in [1.82, 2.24) is 15.3 Å². The second-order valence-electron chi connectivity index (χ2n) is 13.1. The van der Waals surface area contributed by atoms with E-state index in [4.69, 9.17) is 4.74 Å². The maximum atomic E-state index is 13.6. The normalized spacial score (nSPS) is 14.6. The van der Waals surface area contributed by atoms with E-state index in [1.807, 2.05) is 56.3 Å². The van der Waals surface area contributed by atoms with Crippen molar-refractivity contribution in [3.63, 3.8) is 0 Å². The van der Waals surface area contributed by atoms with Gasteiger partial charge in [-0.3, -0.25) is 34.5 Å². The molecule has 0 aliphatic heterocycles. The fourth-order valence-corrected chi connectivity index (χ4v) is 6.40. The Hall–Kier alpha value is -5.06. The molecule has 2 aliphatic carbocycles. The van der Waals surface area contributed by atoms with E-state index < -0.39 is 12.0 Å². The van der Waals surface area contributed by atoms with E-state index >= 15 is 0 Å². The Labute approximate surface area is 291 Å². The van der Waals surface area contributed by atoms with Crippen LogP contribution in [-0.4, -0.2) is 58.3 Å². The Morgan fingerprint density at radius 2 is 1.56 bits per heavy atom. The van der Waals surface area contributed by atoms with E-state index in [-0.39, 0.29) is 37.0 Å². The molecule has 2 fully saturated rings. The van der Waals surface area contributed by atoms with Crippen molar-refractivity contribution in [3.8, 4) is 11.1 Å². The van der Waals surface area contributed by atoms with Gasteiger partial charge in [0.25, 0.3) is 5.91 Å². The summed E-state index contributed by atoms with van der Waals surface area (Å²) < 4.78 is 5.04. The van der Waals surface area contributed by atoms with Gasteiger partial charge in [0.15, 0.2) is 12.1 Å². The SMILES string of the molecule is CCOC(=O)[C@@H](CO)NCc1cnc(C(=O)Cc2cccc(-c3cccc(NC(=O)c4cc(C5CC5)c(C=O)cn4)c3C)c2C)cc1C1CC1. The summed E-state index contributed by atoms with van der Waals surface area (Å²) in [4.78, 5) is 59.3. The number of pyridine rings is 2. The first kappa shape index (κ1) is 34.8. The third kappa shape index (κ3) is 7.72. The van der Waals surface area contributed by atoms with Crippen LogP contribution in [0, 0.1) is 13.8 Å². The van der Waals surface area contributed by atoms with Crippen molar-refractivity contribution in [2.45, 2.75) is 77.3 Å². The number of carbonyl (C=O) groups is 4. The molecular weight excluding hydrogens is 632 g/mol. The number of benzene rings is 2. The molecule has 0 bridgehead atoms. The molecule has 4 aromatic rings. The third-order valence-corrected chi connectivity index (χ3v) is 9.63. The lowest BCUT2D eigenvalue weighted by molar-refractivity contribution is -0.146. The molecule has 10 nitrogen and oxygen atoms in total. The number of hydrogen-bond acceptors (Lipinski definition) is 9. The molecule has 10 heteroatoms. The van der Waals surface area contributed by atoms with Crippen LogP contribution >= 0.6 is 0 Å². The first-order valence-corrected chi connectivity index (χ1v) is 17.2. The van der Waals surface area contributed by atoms with E-state index in [2.05, 4.69) is 20.6 Å².